The quantitative estimate of drug-likeness (QED) is 0.767. The summed E-state index contributed by atoms with van der Waals surface area (Å²) >= 11 is 0. The fourth-order valence-electron chi connectivity index (χ4n) is 1.96. The topological polar surface area (TPSA) is 72.5 Å². The van der Waals surface area contributed by atoms with Gasteiger partial charge in [0.05, 0.1) is 6.26 Å². The fraction of sp³-hybridized carbons (Fsp3) is 0.188. The van der Waals surface area contributed by atoms with Crippen molar-refractivity contribution in [3.63, 3.8) is 0 Å². The van der Waals surface area contributed by atoms with E-state index in [2.05, 4.69) is 4.74 Å². The number of carbonyl (C=O) groups excluding carboxylic acids is 1. The lowest BCUT2D eigenvalue weighted by atomic mass is 10.0. The predicted molar refractivity (Wildman–Crippen MR) is 85.8 cm³/mol. The molecule has 140 valence electrons. The summed E-state index contributed by atoms with van der Waals surface area (Å²) in [6, 6.07) is 10.8. The van der Waals surface area contributed by atoms with Crippen LogP contribution in [0.15, 0.2) is 48.5 Å². The maximum Gasteiger partial charge on any atom is 0.461 e. The molecule has 0 radical (unpaired) electrons. The number of benzene rings is 2. The Labute approximate surface area is 146 Å². The summed E-state index contributed by atoms with van der Waals surface area (Å²) in [7, 11) is -3.69. The monoisotopic (exact) mass is 391 g/mol. The van der Waals surface area contributed by atoms with Gasteiger partial charge in [-0.1, -0.05) is 24.3 Å². The van der Waals surface area contributed by atoms with Crippen LogP contribution < -0.4 is 9.46 Å². The number of hydrogen-bond donors (Lipinski definition) is 1. The van der Waals surface area contributed by atoms with E-state index in [1.807, 2.05) is 4.72 Å². The van der Waals surface area contributed by atoms with E-state index in [0.29, 0.717) is 11.1 Å². The molecule has 0 atom stereocenters. The van der Waals surface area contributed by atoms with Gasteiger partial charge in [-0.15, -0.1) is 0 Å². The third-order valence-electron chi connectivity index (χ3n) is 3.12. The molecule has 0 unspecified atom stereocenters. The van der Waals surface area contributed by atoms with Gasteiger partial charge in [-0.3, -0.25) is 4.79 Å². The molecule has 2 rings (SSSR count). The molecule has 0 aliphatic carbocycles. The van der Waals surface area contributed by atoms with Crippen LogP contribution in [0.3, 0.4) is 0 Å². The number of amides is 1. The molecule has 0 heterocycles. The van der Waals surface area contributed by atoms with Crippen molar-refractivity contribution in [3.05, 3.63) is 54.1 Å². The van der Waals surface area contributed by atoms with Crippen molar-refractivity contribution in [3.8, 4) is 16.9 Å². The molecule has 2 aromatic rings. The number of hydrogen-bond acceptors (Lipinski definition) is 4. The van der Waals surface area contributed by atoms with Crippen LogP contribution in [-0.2, 0) is 10.0 Å². The molecule has 2 aromatic carbocycles. The van der Waals surface area contributed by atoms with Crippen molar-refractivity contribution in [2.45, 2.75) is 12.5 Å². The first-order valence-electron chi connectivity index (χ1n) is 7.05. The van der Waals surface area contributed by atoms with Gasteiger partial charge in [0, 0.05) is 5.56 Å². The van der Waals surface area contributed by atoms with E-state index in [4.69, 9.17) is 0 Å². The summed E-state index contributed by atoms with van der Waals surface area (Å²) in [5.41, 5.74) is 1.25. The average Bonchev–Trinajstić information content (AvgIpc) is 2.53. The van der Waals surface area contributed by atoms with E-state index in [1.54, 1.807) is 0 Å². The second kappa shape index (κ2) is 7.32. The van der Waals surface area contributed by atoms with E-state index < -0.39 is 34.2 Å². The van der Waals surface area contributed by atoms with Crippen LogP contribution in [0, 0.1) is 0 Å². The van der Waals surface area contributed by atoms with Gasteiger partial charge in [-0.05, 0) is 35.4 Å². The van der Waals surface area contributed by atoms with Crippen molar-refractivity contribution < 1.29 is 35.5 Å². The fourth-order valence-corrected chi connectivity index (χ4v) is 2.41. The summed E-state index contributed by atoms with van der Waals surface area (Å²) < 4.78 is 77.7. The Balaban J connectivity index is 2.13. The molecule has 26 heavy (non-hydrogen) atoms. The summed E-state index contributed by atoms with van der Waals surface area (Å²) in [5, 5.41) is 0. The Morgan fingerprint density at radius 2 is 1.46 bits per heavy atom. The molecule has 0 bridgehead atoms. The van der Waals surface area contributed by atoms with E-state index >= 15 is 0 Å². The first-order chi connectivity index (χ1) is 12.0. The smallest absolute Gasteiger partial charge is 0.428 e. The Bertz CT molecular complexity index is 881. The second-order valence-electron chi connectivity index (χ2n) is 5.27. The van der Waals surface area contributed by atoms with E-state index in [9.17, 15) is 30.8 Å². The van der Waals surface area contributed by atoms with Crippen molar-refractivity contribution in [2.24, 2.45) is 0 Å². The maximum absolute atomic E-state index is 12.8. The number of halogens is 4. The number of sulfonamides is 1. The zero-order valence-electron chi connectivity index (χ0n) is 13.2. The van der Waals surface area contributed by atoms with Crippen LogP contribution in [0.1, 0.15) is 10.4 Å². The van der Waals surface area contributed by atoms with Gasteiger partial charge in [0.15, 0.2) is 0 Å². The van der Waals surface area contributed by atoms with Crippen molar-refractivity contribution in [1.29, 1.82) is 0 Å². The molecule has 0 aromatic heterocycles. The molecule has 0 spiro atoms. The van der Waals surface area contributed by atoms with Crippen LogP contribution in [-0.4, -0.2) is 33.1 Å². The lowest BCUT2D eigenvalue weighted by molar-refractivity contribution is -0.253. The van der Waals surface area contributed by atoms with Gasteiger partial charge < -0.3 is 4.74 Å². The predicted octanol–water partition coefficient (Wildman–Crippen LogP) is 3.28. The highest BCUT2D eigenvalue weighted by Gasteiger charge is 2.43. The van der Waals surface area contributed by atoms with Crippen molar-refractivity contribution in [2.75, 3.05) is 6.26 Å². The highest BCUT2D eigenvalue weighted by atomic mass is 32.2. The molecule has 0 saturated heterocycles. The summed E-state index contributed by atoms with van der Waals surface area (Å²) in [6.07, 6.45) is -7.69. The van der Waals surface area contributed by atoms with Gasteiger partial charge in [0.25, 0.3) is 5.91 Å². The van der Waals surface area contributed by atoms with Crippen molar-refractivity contribution >= 4 is 15.9 Å². The van der Waals surface area contributed by atoms with Crippen LogP contribution in [0.5, 0.6) is 5.75 Å². The minimum atomic E-state index is -4.59. The maximum atomic E-state index is 12.8. The minimum absolute atomic E-state index is 0.107. The number of rotatable bonds is 6. The molecular formula is C16H13F4NO4S. The summed E-state index contributed by atoms with van der Waals surface area (Å²) in [5.74, 6) is -1.22. The first-order valence-corrected chi connectivity index (χ1v) is 8.95. The molecule has 5 nitrogen and oxygen atoms in total. The van der Waals surface area contributed by atoms with Crippen LogP contribution >= 0.6 is 0 Å². The third-order valence-corrected chi connectivity index (χ3v) is 3.68. The molecule has 0 fully saturated rings. The first kappa shape index (κ1) is 19.7. The van der Waals surface area contributed by atoms with E-state index in [0.717, 1.165) is 18.4 Å². The van der Waals surface area contributed by atoms with E-state index in [-0.39, 0.29) is 5.56 Å². The number of ether oxygens (including phenoxy) is 1. The summed E-state index contributed by atoms with van der Waals surface area (Å²) in [4.78, 5) is 11.7. The lowest BCUT2D eigenvalue weighted by Crippen LogP contribution is -2.33. The Morgan fingerprint density at radius 1 is 1.00 bits per heavy atom. The van der Waals surface area contributed by atoms with Gasteiger partial charge in [-0.25, -0.2) is 13.1 Å². The normalized spacial score (nSPS) is 12.1. The van der Waals surface area contributed by atoms with Crippen LogP contribution in [0.2, 0.25) is 0 Å². The minimum Gasteiger partial charge on any atom is -0.428 e. The van der Waals surface area contributed by atoms with Gasteiger partial charge in [0.1, 0.15) is 5.75 Å². The number of carbonyl (C=O) groups is 1. The molecule has 10 heteroatoms. The third kappa shape index (κ3) is 5.19. The second-order valence-corrected chi connectivity index (χ2v) is 7.02. The largest absolute Gasteiger partial charge is 0.461 e. The Kier molecular flexibility index (Phi) is 5.55. The van der Waals surface area contributed by atoms with Crippen LogP contribution in [0.25, 0.3) is 11.1 Å². The van der Waals surface area contributed by atoms with Crippen LogP contribution in [0.4, 0.5) is 17.6 Å². The molecular weight excluding hydrogens is 378 g/mol. The number of nitrogens with one attached hydrogen (secondary N) is 1. The zero-order valence-corrected chi connectivity index (χ0v) is 14.1. The molecule has 0 saturated carbocycles. The van der Waals surface area contributed by atoms with Gasteiger partial charge in [0.2, 0.25) is 10.0 Å². The SMILES string of the molecule is CS(=O)(=O)NC(=O)c1ccc(-c2ccc(OC(F)(F)C(F)F)cc2)cc1. The van der Waals surface area contributed by atoms with E-state index in [1.165, 1.54) is 36.4 Å². The van der Waals surface area contributed by atoms with Crippen molar-refractivity contribution in [1.82, 2.24) is 4.72 Å². The highest BCUT2D eigenvalue weighted by molar-refractivity contribution is 7.89. The summed E-state index contributed by atoms with van der Waals surface area (Å²) in [6.45, 7) is 0. The molecule has 1 amide bonds. The molecule has 0 aliphatic heterocycles. The average molecular weight is 391 g/mol. The highest BCUT2D eigenvalue weighted by Crippen LogP contribution is 2.29. The standard InChI is InChI=1S/C16H13F4NO4S/c1-26(23,24)21-14(22)12-4-2-10(3-5-12)11-6-8-13(9-7-11)25-16(19,20)15(17)18/h2-9,15H,1H3,(H,21,22). The lowest BCUT2D eigenvalue weighted by Gasteiger charge is -2.16. The zero-order chi connectivity index (χ0) is 19.5. The molecule has 1 N–H and O–H groups in total. The Hall–Kier alpha value is -2.62. The van der Waals surface area contributed by atoms with Gasteiger partial charge in [-0.2, -0.15) is 17.6 Å². The molecule has 0 aliphatic rings. The van der Waals surface area contributed by atoms with Gasteiger partial charge >= 0.3 is 12.5 Å². The number of alkyl halides is 4. The Morgan fingerprint density at radius 3 is 1.88 bits per heavy atom.